The first-order chi connectivity index (χ1) is 10.8. The maximum Gasteiger partial charge on any atom is 0.324 e. The van der Waals surface area contributed by atoms with Crippen molar-refractivity contribution in [2.24, 2.45) is 0 Å². The average molecular weight is 340 g/mol. The second-order valence-electron chi connectivity index (χ2n) is 5.99. The van der Waals surface area contributed by atoms with Crippen molar-refractivity contribution in [3.05, 3.63) is 28.8 Å². The van der Waals surface area contributed by atoms with Gasteiger partial charge in [0, 0.05) is 6.54 Å². The van der Waals surface area contributed by atoms with Crippen LogP contribution >= 0.6 is 0 Å². The fourth-order valence-corrected chi connectivity index (χ4v) is 4.30. The van der Waals surface area contributed by atoms with Crippen LogP contribution in [0, 0.1) is 20.8 Å². The maximum absolute atomic E-state index is 12.7. The fraction of sp³-hybridized carbons (Fsp3) is 0.562. The smallest absolute Gasteiger partial charge is 0.324 e. The second kappa shape index (κ2) is 6.88. The molecule has 0 saturated carbocycles. The number of rotatable bonds is 4. The molecule has 0 bridgehead atoms. The van der Waals surface area contributed by atoms with Crippen LogP contribution in [0.5, 0.6) is 0 Å². The number of hydrogen-bond donors (Lipinski definition) is 1. The van der Waals surface area contributed by atoms with Crippen molar-refractivity contribution in [3.8, 4) is 0 Å². The molecule has 0 spiro atoms. The van der Waals surface area contributed by atoms with Crippen LogP contribution in [0.3, 0.4) is 0 Å². The predicted molar refractivity (Wildman–Crippen MR) is 89.6 cm³/mol. The van der Waals surface area contributed by atoms with E-state index in [1.165, 1.54) is 11.4 Å². The zero-order valence-electron chi connectivity index (χ0n) is 14.0. The number of benzene rings is 1. The quantitative estimate of drug-likeness (QED) is 0.853. The van der Waals surface area contributed by atoms with E-state index in [-0.39, 0.29) is 0 Å². The van der Waals surface area contributed by atoms with Gasteiger partial charge in [-0.2, -0.15) is 12.7 Å². The van der Waals surface area contributed by atoms with Crippen LogP contribution < -0.4 is 4.72 Å². The number of hydrogen-bond acceptors (Lipinski definition) is 4. The van der Waals surface area contributed by atoms with Crippen molar-refractivity contribution in [1.82, 2.24) is 4.31 Å². The molecule has 0 amide bonds. The van der Waals surface area contributed by atoms with Crippen LogP contribution in [-0.4, -0.2) is 38.4 Å². The molecule has 1 N–H and O–H groups in total. The van der Waals surface area contributed by atoms with Gasteiger partial charge in [0.2, 0.25) is 0 Å². The molecule has 23 heavy (non-hydrogen) atoms. The number of carbonyl (C=O) groups is 1. The molecule has 1 aliphatic rings. The molecule has 1 fully saturated rings. The summed E-state index contributed by atoms with van der Waals surface area (Å²) in [5.41, 5.74) is 3.69. The highest BCUT2D eigenvalue weighted by molar-refractivity contribution is 7.90. The Labute approximate surface area is 138 Å². The van der Waals surface area contributed by atoms with Crippen LogP contribution in [0.2, 0.25) is 0 Å². The molecular weight excluding hydrogens is 316 g/mol. The molecule has 0 unspecified atom stereocenters. The van der Waals surface area contributed by atoms with E-state index in [1.54, 1.807) is 12.1 Å². The third-order valence-electron chi connectivity index (χ3n) is 4.41. The number of anilines is 1. The van der Waals surface area contributed by atoms with Gasteiger partial charge in [0.15, 0.2) is 0 Å². The summed E-state index contributed by atoms with van der Waals surface area (Å²) in [5, 5.41) is 0. The number of nitrogens with one attached hydrogen (secondary N) is 1. The third-order valence-corrected chi connectivity index (χ3v) is 5.96. The fourth-order valence-electron chi connectivity index (χ4n) is 2.87. The molecule has 1 heterocycles. The average Bonchev–Trinajstić information content (AvgIpc) is 2.51. The first-order valence-corrected chi connectivity index (χ1v) is 9.15. The summed E-state index contributed by atoms with van der Waals surface area (Å²) >= 11 is 0. The van der Waals surface area contributed by atoms with Crippen molar-refractivity contribution in [1.29, 1.82) is 0 Å². The Morgan fingerprint density at radius 3 is 2.39 bits per heavy atom. The van der Waals surface area contributed by atoms with E-state index in [1.807, 2.05) is 20.8 Å². The van der Waals surface area contributed by atoms with Gasteiger partial charge in [0.05, 0.1) is 12.8 Å². The minimum atomic E-state index is -3.80. The van der Waals surface area contributed by atoms with Gasteiger partial charge in [-0.1, -0.05) is 0 Å². The number of aryl methyl sites for hydroxylation is 2. The van der Waals surface area contributed by atoms with Gasteiger partial charge in [0.1, 0.15) is 6.04 Å². The van der Waals surface area contributed by atoms with E-state index in [4.69, 9.17) is 4.74 Å². The predicted octanol–water partition coefficient (Wildman–Crippen LogP) is 2.30. The summed E-state index contributed by atoms with van der Waals surface area (Å²) in [5.74, 6) is -0.508. The number of methoxy groups -OCH3 is 1. The van der Waals surface area contributed by atoms with Crippen molar-refractivity contribution in [2.45, 2.75) is 46.1 Å². The van der Waals surface area contributed by atoms with Crippen LogP contribution in [0.4, 0.5) is 5.69 Å². The van der Waals surface area contributed by atoms with E-state index in [0.717, 1.165) is 29.5 Å². The lowest BCUT2D eigenvalue weighted by atomic mass is 10.0. The summed E-state index contributed by atoms with van der Waals surface area (Å²) in [7, 11) is -2.52. The van der Waals surface area contributed by atoms with Crippen LogP contribution in [0.25, 0.3) is 0 Å². The summed E-state index contributed by atoms with van der Waals surface area (Å²) in [6.45, 7) is 6.20. The van der Waals surface area contributed by atoms with Crippen LogP contribution in [-0.2, 0) is 19.7 Å². The number of carbonyl (C=O) groups excluding carboxylic acids is 1. The lowest BCUT2D eigenvalue weighted by Gasteiger charge is -2.32. The highest BCUT2D eigenvalue weighted by atomic mass is 32.2. The summed E-state index contributed by atoms with van der Waals surface area (Å²) in [4.78, 5) is 11.9. The zero-order valence-corrected chi connectivity index (χ0v) is 14.9. The maximum atomic E-state index is 12.7. The molecule has 7 heteroatoms. The number of piperidine rings is 1. The third kappa shape index (κ3) is 3.84. The van der Waals surface area contributed by atoms with E-state index in [0.29, 0.717) is 18.7 Å². The Bertz CT molecular complexity index is 677. The van der Waals surface area contributed by atoms with Gasteiger partial charge in [-0.05, 0) is 68.9 Å². The van der Waals surface area contributed by atoms with Crippen molar-refractivity contribution in [2.75, 3.05) is 18.4 Å². The minimum absolute atomic E-state index is 0.318. The van der Waals surface area contributed by atoms with Crippen LogP contribution in [0.15, 0.2) is 12.1 Å². The Hall–Kier alpha value is -1.60. The van der Waals surface area contributed by atoms with Gasteiger partial charge >= 0.3 is 16.2 Å². The molecule has 1 aromatic carbocycles. The SMILES string of the molecule is COC(=O)[C@@H]1CCCCN1S(=O)(=O)Nc1cc(C)c(C)c(C)c1. The molecule has 1 aliphatic heterocycles. The number of ether oxygens (including phenoxy) is 1. The lowest BCUT2D eigenvalue weighted by molar-refractivity contribution is -0.146. The van der Waals surface area contributed by atoms with E-state index in [2.05, 4.69) is 4.72 Å². The van der Waals surface area contributed by atoms with Gasteiger partial charge < -0.3 is 4.74 Å². The highest BCUT2D eigenvalue weighted by Crippen LogP contribution is 2.25. The van der Waals surface area contributed by atoms with E-state index in [9.17, 15) is 13.2 Å². The molecule has 6 nitrogen and oxygen atoms in total. The topological polar surface area (TPSA) is 75.7 Å². The zero-order chi connectivity index (χ0) is 17.2. The summed E-state index contributed by atoms with van der Waals surface area (Å²) in [6, 6.07) is 2.85. The molecule has 1 aromatic rings. The number of esters is 1. The minimum Gasteiger partial charge on any atom is -0.468 e. The number of nitrogens with zero attached hydrogens (tertiary/aromatic N) is 1. The Balaban J connectivity index is 2.28. The lowest BCUT2D eigenvalue weighted by Crippen LogP contribution is -2.50. The molecule has 1 atom stereocenters. The first kappa shape index (κ1) is 17.7. The van der Waals surface area contributed by atoms with Gasteiger partial charge in [-0.3, -0.25) is 9.52 Å². The Morgan fingerprint density at radius 2 is 1.83 bits per heavy atom. The summed E-state index contributed by atoms with van der Waals surface area (Å²) in [6.07, 6.45) is 2.04. The van der Waals surface area contributed by atoms with E-state index < -0.39 is 22.2 Å². The first-order valence-electron chi connectivity index (χ1n) is 7.71. The monoisotopic (exact) mass is 340 g/mol. The van der Waals surface area contributed by atoms with Crippen molar-refractivity contribution >= 4 is 21.9 Å². The summed E-state index contributed by atoms with van der Waals surface area (Å²) < 4.78 is 34.0. The largest absolute Gasteiger partial charge is 0.468 e. The molecule has 128 valence electrons. The molecule has 1 saturated heterocycles. The standard InChI is InChI=1S/C16H24N2O4S/c1-11-9-14(10-12(2)13(11)3)17-23(20,21)18-8-6-5-7-15(18)16(19)22-4/h9-10,15,17H,5-8H2,1-4H3/t15-/m0/s1. The van der Waals surface area contributed by atoms with Crippen molar-refractivity contribution < 1.29 is 17.9 Å². The van der Waals surface area contributed by atoms with Gasteiger partial charge in [-0.25, -0.2) is 0 Å². The second-order valence-corrected chi connectivity index (χ2v) is 7.61. The van der Waals surface area contributed by atoms with E-state index >= 15 is 0 Å². The Kier molecular flexibility index (Phi) is 5.31. The normalized spacial score (nSPS) is 19.4. The molecule has 2 rings (SSSR count). The van der Waals surface area contributed by atoms with Crippen LogP contribution in [0.1, 0.15) is 36.0 Å². The molecule has 0 aromatic heterocycles. The molecule has 0 radical (unpaired) electrons. The molecule has 0 aliphatic carbocycles. The highest BCUT2D eigenvalue weighted by Gasteiger charge is 2.37. The molecular formula is C16H24N2O4S. The van der Waals surface area contributed by atoms with Crippen molar-refractivity contribution in [3.63, 3.8) is 0 Å². The van der Waals surface area contributed by atoms with Gasteiger partial charge in [0.25, 0.3) is 0 Å². The van der Waals surface area contributed by atoms with Gasteiger partial charge in [-0.15, -0.1) is 0 Å². The Morgan fingerprint density at radius 1 is 1.22 bits per heavy atom.